The number of ether oxygens (including phenoxy) is 2. The molecule has 0 fully saturated rings. The van der Waals surface area contributed by atoms with Crippen LogP contribution in [0.5, 0.6) is 0 Å². The molecule has 0 unspecified atom stereocenters. The number of nitrogens with zero attached hydrogens (tertiary/aromatic N) is 9. The Labute approximate surface area is 472 Å². The first-order valence-electron chi connectivity index (χ1n) is 25.1. The van der Waals surface area contributed by atoms with Gasteiger partial charge in [0.2, 0.25) is 0 Å². The van der Waals surface area contributed by atoms with Crippen molar-refractivity contribution in [1.29, 1.82) is 0 Å². The fourth-order valence-electron chi connectivity index (χ4n) is 7.36. The van der Waals surface area contributed by atoms with E-state index in [0.717, 1.165) is 92.0 Å². The molecule has 0 aliphatic heterocycles. The Morgan fingerprint density at radius 1 is 0.592 bits per heavy atom. The molecule has 9 aromatic rings. The van der Waals surface area contributed by atoms with Crippen molar-refractivity contribution >= 4 is 151 Å². The number of thiophene rings is 3. The van der Waals surface area contributed by atoms with Gasteiger partial charge in [-0.25, -0.2) is 39.5 Å². The van der Waals surface area contributed by atoms with Gasteiger partial charge in [0.1, 0.15) is 42.2 Å². The first-order valence-corrected chi connectivity index (χ1v) is 30.3. The van der Waals surface area contributed by atoms with E-state index in [1.54, 1.807) is 34.0 Å². The number of hydrogen-bond acceptors (Lipinski definition) is 19. The van der Waals surface area contributed by atoms with Gasteiger partial charge in [0.05, 0.1) is 12.2 Å². The molecule has 0 saturated heterocycles. The maximum Gasteiger partial charge on any atom is 0.407 e. The predicted octanol–water partition coefficient (Wildman–Crippen LogP) is 12.3. The van der Waals surface area contributed by atoms with Crippen LogP contribution in [0.2, 0.25) is 0 Å². The van der Waals surface area contributed by atoms with E-state index in [1.165, 1.54) is 8.42 Å². The first kappa shape index (κ1) is 58.5. The highest BCUT2D eigenvalue weighted by molar-refractivity contribution is 9.11. The summed E-state index contributed by atoms with van der Waals surface area (Å²) in [5.41, 5.74) is 13.1. The Kier molecular flexibility index (Phi) is 19.6. The number of aromatic nitrogens is 9. The lowest BCUT2D eigenvalue weighted by Crippen LogP contribution is -2.35. The lowest BCUT2D eigenvalue weighted by atomic mass is 10.2. The Morgan fingerprint density at radius 2 is 0.947 bits per heavy atom. The summed E-state index contributed by atoms with van der Waals surface area (Å²) in [5, 5.41) is 15.3. The fourth-order valence-corrected chi connectivity index (χ4v) is 13.4. The number of halogens is 1. The molecular formula is C51H70BrN15O4S5. The summed E-state index contributed by atoms with van der Waals surface area (Å²) in [6.07, 6.45) is 4.73. The van der Waals surface area contributed by atoms with Crippen molar-refractivity contribution in [1.82, 2.24) is 53.7 Å². The van der Waals surface area contributed by atoms with Gasteiger partial charge in [-0.1, -0.05) is 27.7 Å². The molecule has 25 heteroatoms. The van der Waals surface area contributed by atoms with Gasteiger partial charge < -0.3 is 41.8 Å². The Hall–Kier alpha value is -5.18. The summed E-state index contributed by atoms with van der Waals surface area (Å²) in [6, 6.07) is 6.32. The summed E-state index contributed by atoms with van der Waals surface area (Å²) in [5.74, 6) is 5.75. The number of rotatable bonds is 17. The third-order valence-corrected chi connectivity index (χ3v) is 17.6. The molecule has 0 radical (unpaired) electrons. The molecule has 0 bridgehead atoms. The molecule has 76 heavy (non-hydrogen) atoms. The summed E-state index contributed by atoms with van der Waals surface area (Å²) in [6.45, 7) is 29.3. The smallest absolute Gasteiger partial charge is 0.407 e. The van der Waals surface area contributed by atoms with Crippen LogP contribution in [-0.2, 0) is 9.47 Å². The minimum Gasteiger partial charge on any atom is -0.444 e. The van der Waals surface area contributed by atoms with Crippen LogP contribution in [0.1, 0.15) is 86.3 Å². The van der Waals surface area contributed by atoms with Crippen LogP contribution in [0.25, 0.3) is 48.0 Å². The standard InChI is InChI=1S/C20H29N5O2S2.C16H20BrN5O2S.C15H21N5S2/c1-12(2)11-28-15-9-14-18(29-15)25-13(3)10-23-17(25)16(24-14)21-7-8-22-19(26)27-20(4,5)6;1-9-8-20-13-12(18-5-6-19-15(23)24-16(2,3)4)21-10-7-11(17)25-14(10)22(9)13;1-9(2)8-21-12-6-11-15(22-12)20-10(3)7-18-14(20)13(19-11)17-5-4-16/h9-10,12H,7-8,11H2,1-6H3,(H,21,24)(H,22,26);7-8H,5-6H2,1-4H3,(H,18,21)(H,19,23);6-7,9H,4-5,8,16H2,1-3H3,(H,17,19). The second kappa shape index (κ2) is 25.5. The van der Waals surface area contributed by atoms with Crippen LogP contribution in [0.15, 0.2) is 49.0 Å². The Bertz CT molecular complexity index is 3440. The van der Waals surface area contributed by atoms with Crippen molar-refractivity contribution in [2.45, 2.75) is 110 Å². The lowest BCUT2D eigenvalue weighted by Gasteiger charge is -2.19. The number of carbonyl (C=O) groups excluding carboxylic acids is 2. The topological polar surface area (TPSA) is 229 Å². The van der Waals surface area contributed by atoms with Crippen molar-refractivity contribution < 1.29 is 19.1 Å². The van der Waals surface area contributed by atoms with E-state index in [9.17, 15) is 9.59 Å². The van der Waals surface area contributed by atoms with Crippen molar-refractivity contribution in [3.05, 3.63) is 57.7 Å². The number of thioether (sulfide) groups is 2. The summed E-state index contributed by atoms with van der Waals surface area (Å²) in [4.78, 5) is 54.5. The van der Waals surface area contributed by atoms with Crippen molar-refractivity contribution in [2.24, 2.45) is 17.6 Å². The van der Waals surface area contributed by atoms with Crippen LogP contribution >= 0.6 is 73.5 Å². The number of amides is 2. The van der Waals surface area contributed by atoms with E-state index in [-0.39, 0.29) is 0 Å². The molecule has 410 valence electrons. The van der Waals surface area contributed by atoms with E-state index in [0.29, 0.717) is 56.9 Å². The normalized spacial score (nSPS) is 12.0. The average Bonchev–Trinajstić information content (AvgIpc) is 4.23. The van der Waals surface area contributed by atoms with E-state index < -0.39 is 23.4 Å². The lowest BCUT2D eigenvalue weighted by molar-refractivity contribution is 0.0518. The number of alkyl carbamates (subject to hydrolysis) is 2. The zero-order valence-corrected chi connectivity index (χ0v) is 51.1. The molecule has 0 saturated carbocycles. The number of imidazole rings is 3. The molecule has 0 aromatic carbocycles. The number of anilines is 3. The SMILES string of the molecule is Cc1cnc2c(NCCN)nc3cc(SCC(C)C)sc3n12.Cc1cnc2c(NCCNC(=O)OC(C)(C)C)nc3cc(Br)sc3n12.Cc1cnc2c(NCCNC(=O)OC(C)(C)C)nc3cc(SCC(C)C)sc3n12. The molecule has 0 atom stereocenters. The zero-order chi connectivity index (χ0) is 55.1. The summed E-state index contributed by atoms with van der Waals surface area (Å²) >= 11 is 12.5. The quantitative estimate of drug-likeness (QED) is 0.0368. The fraction of sp³-hybridized carbons (Fsp3) is 0.490. The third-order valence-electron chi connectivity index (χ3n) is 10.5. The van der Waals surface area contributed by atoms with Gasteiger partial charge in [-0.15, -0.1) is 57.5 Å². The van der Waals surface area contributed by atoms with Crippen molar-refractivity contribution in [2.75, 3.05) is 66.7 Å². The van der Waals surface area contributed by atoms with Gasteiger partial charge in [-0.3, -0.25) is 13.2 Å². The molecule has 19 nitrogen and oxygen atoms in total. The number of carbonyl (C=O) groups is 2. The van der Waals surface area contributed by atoms with Gasteiger partial charge in [-0.05, 0) is 108 Å². The van der Waals surface area contributed by atoms with E-state index >= 15 is 0 Å². The highest BCUT2D eigenvalue weighted by Gasteiger charge is 2.20. The van der Waals surface area contributed by atoms with Crippen LogP contribution in [-0.4, -0.2) is 117 Å². The number of fused-ring (bicyclic) bond motifs is 9. The first-order chi connectivity index (χ1) is 36.0. The van der Waals surface area contributed by atoms with Crippen LogP contribution in [0, 0.1) is 32.6 Å². The predicted molar refractivity (Wildman–Crippen MR) is 321 cm³/mol. The molecule has 7 N–H and O–H groups in total. The largest absolute Gasteiger partial charge is 0.444 e. The van der Waals surface area contributed by atoms with E-state index in [4.69, 9.17) is 25.2 Å². The molecule has 9 heterocycles. The molecule has 2 amide bonds. The summed E-state index contributed by atoms with van der Waals surface area (Å²) < 4.78 is 20.5. The summed E-state index contributed by atoms with van der Waals surface area (Å²) in [7, 11) is 0. The molecule has 0 aliphatic rings. The monoisotopic (exact) mass is 1200 g/mol. The zero-order valence-electron chi connectivity index (χ0n) is 45.4. The van der Waals surface area contributed by atoms with Crippen LogP contribution < -0.4 is 32.3 Å². The van der Waals surface area contributed by atoms with Crippen molar-refractivity contribution in [3.63, 3.8) is 0 Å². The number of aryl methyl sites for hydroxylation is 3. The van der Waals surface area contributed by atoms with Crippen LogP contribution in [0.4, 0.5) is 27.0 Å². The van der Waals surface area contributed by atoms with Gasteiger partial charge in [0, 0.05) is 86.4 Å². The Morgan fingerprint density at radius 3 is 1.30 bits per heavy atom. The van der Waals surface area contributed by atoms with E-state index in [1.807, 2.05) is 104 Å². The van der Waals surface area contributed by atoms with Crippen molar-refractivity contribution in [3.8, 4) is 0 Å². The number of hydrogen-bond donors (Lipinski definition) is 6. The minimum absolute atomic E-state index is 0.422. The molecule has 9 rings (SSSR count). The van der Waals surface area contributed by atoms with E-state index in [2.05, 4.69) is 122 Å². The molecular weight excluding hydrogens is 1130 g/mol. The van der Waals surface area contributed by atoms with Gasteiger partial charge in [0.15, 0.2) is 34.4 Å². The third kappa shape index (κ3) is 15.3. The second-order valence-corrected chi connectivity index (χ2v) is 27.8. The molecule has 9 aromatic heterocycles. The maximum absolute atomic E-state index is 11.8. The maximum atomic E-state index is 11.8. The van der Waals surface area contributed by atoms with Gasteiger partial charge in [-0.2, -0.15) is 0 Å². The molecule has 0 aliphatic carbocycles. The van der Waals surface area contributed by atoms with Gasteiger partial charge >= 0.3 is 12.2 Å². The molecule has 0 spiro atoms. The Balaban J connectivity index is 0.000000167. The second-order valence-electron chi connectivity index (χ2n) is 20.6. The number of nitrogens with two attached hydrogens (primary N) is 1. The number of nitrogens with one attached hydrogen (secondary N) is 5. The minimum atomic E-state index is -0.506. The highest BCUT2D eigenvalue weighted by atomic mass is 79.9. The highest BCUT2D eigenvalue weighted by Crippen LogP contribution is 2.37. The van der Waals surface area contributed by atoms with Crippen LogP contribution in [0.3, 0.4) is 0 Å². The average molecular weight is 1200 g/mol. The van der Waals surface area contributed by atoms with Gasteiger partial charge in [0.25, 0.3) is 0 Å².